The molecule has 6 heavy (non-hydrogen) atoms. The summed E-state index contributed by atoms with van der Waals surface area (Å²) in [5.41, 5.74) is 0. The fraction of sp³-hybridized carbons (Fsp3) is 0. The van der Waals surface area contributed by atoms with Gasteiger partial charge in [-0.1, -0.05) is 0 Å². The summed E-state index contributed by atoms with van der Waals surface area (Å²) in [5.74, 6) is 0. The second-order valence-electron chi connectivity index (χ2n) is 0.383. The van der Waals surface area contributed by atoms with E-state index in [1.165, 1.54) is 0 Å². The van der Waals surface area contributed by atoms with Crippen LogP contribution >= 0.6 is 0 Å². The molecule has 0 rings (SSSR count). The van der Waals surface area contributed by atoms with Gasteiger partial charge >= 0.3 is 5.37 Å². The molecule has 0 saturated carbocycles. The van der Waals surface area contributed by atoms with Gasteiger partial charge in [-0.2, -0.15) is 0 Å². The topological polar surface area (TPSA) is 0 Å². The smallest absolute Gasteiger partial charge is 0.440 e. The number of rotatable bonds is 0. The molecule has 0 bridgehead atoms. The van der Waals surface area contributed by atoms with Crippen molar-refractivity contribution in [2.45, 2.75) is 0 Å². The zero-order valence-electron chi connectivity index (χ0n) is 2.34. The van der Waals surface area contributed by atoms with E-state index in [1.54, 1.807) is 0 Å². The fourth-order valence-corrected chi connectivity index (χ4v) is 0. The second-order valence-corrected chi connectivity index (χ2v) is 0.383. The maximum absolute atomic E-state index is 9.62. The molecule has 40 valence electrons. The van der Waals surface area contributed by atoms with Crippen molar-refractivity contribution in [3.63, 3.8) is 0 Å². The number of hydrogen-bond donors (Lipinski definition) is 0. The molecule has 0 saturated heterocycles. The van der Waals surface area contributed by atoms with Gasteiger partial charge in [0.05, 0.1) is 0 Å². The van der Waals surface area contributed by atoms with E-state index in [0.717, 1.165) is 0 Å². The van der Waals surface area contributed by atoms with E-state index >= 15 is 0 Å². The van der Waals surface area contributed by atoms with Gasteiger partial charge in [0.2, 0.25) is 0 Å². The molecule has 0 amide bonds. The summed E-state index contributed by atoms with van der Waals surface area (Å²) in [6, 6.07) is 0. The van der Waals surface area contributed by atoms with Crippen LogP contribution in [0.1, 0.15) is 0 Å². The average Bonchev–Trinajstić information content (AvgIpc) is 0.722. The summed E-state index contributed by atoms with van der Waals surface area (Å²) in [6.07, 6.45) is 0. The first kappa shape index (κ1) is 9.48. The summed E-state index contributed by atoms with van der Waals surface area (Å²) in [7, 11) is 0. The minimum absolute atomic E-state index is 0. The third-order valence-corrected chi connectivity index (χ3v) is 0. The van der Waals surface area contributed by atoms with Crippen LogP contribution in [0.2, 0.25) is 0 Å². The van der Waals surface area contributed by atoms with Gasteiger partial charge in [0.1, 0.15) is 17.9 Å². The van der Waals surface area contributed by atoms with E-state index in [1.807, 2.05) is 0 Å². The SMILES string of the molecule is F[N+](F)(F)F.[Br-]. The molecule has 0 unspecified atom stereocenters. The maximum Gasteiger partial charge on any atom is 0.440 e. The molecule has 1 nitrogen and oxygen atoms in total. The standard InChI is InChI=1S/BrH.F4N/c;1-5(2,3)4/h1H;/q;+1/p-1. The second kappa shape index (κ2) is 2.35. The van der Waals surface area contributed by atoms with Gasteiger partial charge in [0.15, 0.2) is 0 Å². The van der Waals surface area contributed by atoms with Gasteiger partial charge in [-0.15, -0.1) is 0 Å². The fourth-order valence-electron chi connectivity index (χ4n) is 0. The third kappa shape index (κ3) is 1620. The van der Waals surface area contributed by atoms with Crippen molar-refractivity contribution in [3.05, 3.63) is 0 Å². The van der Waals surface area contributed by atoms with Crippen LogP contribution in [0.4, 0.5) is 17.9 Å². The highest BCUT2D eigenvalue weighted by Crippen LogP contribution is 2.08. The largest absolute Gasteiger partial charge is 1.00 e. The van der Waals surface area contributed by atoms with E-state index in [9.17, 15) is 17.9 Å². The van der Waals surface area contributed by atoms with Crippen molar-refractivity contribution in [3.8, 4) is 0 Å². The first-order valence-electron chi connectivity index (χ1n) is 0.676. The Morgan fingerprint density at radius 2 is 0.833 bits per heavy atom. The van der Waals surface area contributed by atoms with E-state index in [4.69, 9.17) is 0 Å². The molecule has 0 aromatic heterocycles. The molecule has 0 fully saturated rings. The quantitative estimate of drug-likeness (QED) is 0.301. The first-order chi connectivity index (χ1) is 2.00. The molecule has 0 spiro atoms. The van der Waals surface area contributed by atoms with Gasteiger partial charge < -0.3 is 17.0 Å². The normalized spacial score (nSPS) is 10.0. The molecule has 0 aliphatic rings. The Balaban J connectivity index is 0. The number of quaternary nitrogens is 1. The Hall–Kier alpha value is 0.160. The molecule has 0 aliphatic carbocycles. The van der Waals surface area contributed by atoms with Crippen LogP contribution in [0.25, 0.3) is 0 Å². The highest BCUT2D eigenvalue weighted by atomic mass is 79.9. The van der Waals surface area contributed by atoms with E-state index in [0.29, 0.717) is 0 Å². The van der Waals surface area contributed by atoms with Gasteiger partial charge in [-0.3, -0.25) is 0 Å². The maximum atomic E-state index is 9.62. The minimum atomic E-state index is -5.00. The molecule has 0 N–H and O–H groups in total. The number of hydrogen-bond acceptors (Lipinski definition) is 0. The average molecular weight is 170 g/mol. The molecular weight excluding hydrogens is 170 g/mol. The zero-order chi connectivity index (χ0) is 4.50. The minimum Gasteiger partial charge on any atom is -1.00 e. The molecule has 0 radical (unpaired) electrons. The van der Waals surface area contributed by atoms with E-state index in [-0.39, 0.29) is 17.0 Å². The summed E-state index contributed by atoms with van der Waals surface area (Å²) < 4.78 is 38.5. The van der Waals surface area contributed by atoms with Crippen LogP contribution in [0.15, 0.2) is 0 Å². The van der Waals surface area contributed by atoms with Gasteiger partial charge in [0.25, 0.3) is 0 Å². The number of halogens is 5. The van der Waals surface area contributed by atoms with Crippen LogP contribution in [0.5, 0.6) is 0 Å². The molecule has 0 aromatic carbocycles. The van der Waals surface area contributed by atoms with Crippen LogP contribution in [0.3, 0.4) is 0 Å². The van der Waals surface area contributed by atoms with Crippen molar-refractivity contribution >= 4 is 0 Å². The van der Waals surface area contributed by atoms with Gasteiger partial charge in [0, 0.05) is 0 Å². The van der Waals surface area contributed by atoms with E-state index < -0.39 is 5.37 Å². The Morgan fingerprint density at radius 1 is 0.833 bits per heavy atom. The summed E-state index contributed by atoms with van der Waals surface area (Å²) >= 11 is 0. The van der Waals surface area contributed by atoms with Crippen molar-refractivity contribution in [1.82, 2.24) is 0 Å². The lowest BCUT2D eigenvalue weighted by Crippen LogP contribution is -3.00. The summed E-state index contributed by atoms with van der Waals surface area (Å²) in [4.78, 5) is 0. The highest BCUT2D eigenvalue weighted by Gasteiger charge is 2.30. The molecular formula is BrF4N. The van der Waals surface area contributed by atoms with Crippen molar-refractivity contribution in [2.24, 2.45) is 0 Å². The Morgan fingerprint density at radius 3 is 0.833 bits per heavy atom. The molecule has 0 atom stereocenters. The predicted octanol–water partition coefficient (Wildman–Crippen LogP) is -1.65. The third-order valence-electron chi connectivity index (χ3n) is 0. The lowest BCUT2D eigenvalue weighted by atomic mass is 13.3. The Kier molecular flexibility index (Phi) is 3.72. The Labute approximate surface area is 41.3 Å². The number of nitrogens with zero attached hydrogens (tertiary/aromatic N) is 1. The molecule has 0 aromatic rings. The zero-order valence-corrected chi connectivity index (χ0v) is 3.92. The van der Waals surface area contributed by atoms with Gasteiger partial charge in [-0.25, -0.2) is 0 Å². The van der Waals surface area contributed by atoms with E-state index in [2.05, 4.69) is 0 Å². The van der Waals surface area contributed by atoms with Gasteiger partial charge in [-0.05, 0) is 0 Å². The summed E-state index contributed by atoms with van der Waals surface area (Å²) in [5, 5.41) is -5.00. The van der Waals surface area contributed by atoms with Crippen LogP contribution in [-0.2, 0) is 0 Å². The first-order valence-corrected chi connectivity index (χ1v) is 0.676. The predicted molar refractivity (Wildman–Crippen MR) is 4.69 cm³/mol. The summed E-state index contributed by atoms with van der Waals surface area (Å²) in [6.45, 7) is 0. The lowest BCUT2D eigenvalue weighted by molar-refractivity contribution is -1.36. The Bertz CT molecular complexity index is 23.0. The van der Waals surface area contributed by atoms with Crippen LogP contribution in [-0.4, -0.2) is 5.37 Å². The van der Waals surface area contributed by atoms with Crippen LogP contribution < -0.4 is 17.0 Å². The lowest BCUT2D eigenvalue weighted by Gasteiger charge is -1.71. The van der Waals surface area contributed by atoms with Crippen molar-refractivity contribution in [1.29, 1.82) is 0 Å². The van der Waals surface area contributed by atoms with Crippen molar-refractivity contribution in [2.75, 3.05) is 0 Å². The van der Waals surface area contributed by atoms with Crippen molar-refractivity contribution < 1.29 is 40.3 Å². The molecule has 0 heterocycles. The van der Waals surface area contributed by atoms with Crippen LogP contribution in [0, 0.1) is 0 Å². The highest BCUT2D eigenvalue weighted by molar-refractivity contribution is 2.73. The monoisotopic (exact) mass is 169 g/mol. The molecule has 0 aliphatic heterocycles. The molecule has 6 heteroatoms.